The summed E-state index contributed by atoms with van der Waals surface area (Å²) in [5.74, 6) is 2.50. The largest absolute Gasteiger partial charge is 0.489 e. The van der Waals surface area contributed by atoms with E-state index in [-0.39, 0.29) is 6.10 Å². The van der Waals surface area contributed by atoms with E-state index in [1.165, 1.54) is 5.56 Å². The maximum atomic E-state index is 10.1. The van der Waals surface area contributed by atoms with Crippen LogP contribution >= 0.6 is 0 Å². The van der Waals surface area contributed by atoms with E-state index in [4.69, 9.17) is 9.47 Å². The molecule has 0 aromatic heterocycles. The van der Waals surface area contributed by atoms with Crippen LogP contribution in [0.4, 0.5) is 0 Å². The van der Waals surface area contributed by atoms with Gasteiger partial charge in [0, 0.05) is 5.92 Å². The van der Waals surface area contributed by atoms with Crippen LogP contribution in [-0.2, 0) is 0 Å². The summed E-state index contributed by atoms with van der Waals surface area (Å²) in [6, 6.07) is 4.04. The highest BCUT2D eigenvalue weighted by Crippen LogP contribution is 2.43. The van der Waals surface area contributed by atoms with Gasteiger partial charge in [-0.25, -0.2) is 0 Å². The molecule has 3 atom stereocenters. The van der Waals surface area contributed by atoms with Crippen molar-refractivity contribution in [2.45, 2.75) is 38.7 Å². The Kier molecular flexibility index (Phi) is 2.94. The fraction of sp³-hybridized carbons (Fsp3) is 0.600. The van der Waals surface area contributed by atoms with E-state index in [1.54, 1.807) is 0 Å². The first-order chi connectivity index (χ1) is 8.65. The third-order valence-corrected chi connectivity index (χ3v) is 3.96. The molecule has 1 heterocycles. The molecular formula is C15H20O3. The maximum absolute atomic E-state index is 10.1. The number of rotatable bonds is 0. The van der Waals surface area contributed by atoms with Crippen LogP contribution in [-0.4, -0.2) is 18.3 Å². The monoisotopic (exact) mass is 248 g/mol. The van der Waals surface area contributed by atoms with Gasteiger partial charge in [0.2, 0.25) is 0 Å². The quantitative estimate of drug-likeness (QED) is 0.767. The molecular weight excluding hydrogens is 228 g/mol. The zero-order chi connectivity index (χ0) is 12.7. The lowest BCUT2D eigenvalue weighted by Gasteiger charge is -2.27. The lowest BCUT2D eigenvalue weighted by atomic mass is 9.82. The molecule has 1 N–H and O–H groups in total. The molecule has 2 aliphatic rings. The molecule has 3 rings (SSSR count). The third kappa shape index (κ3) is 1.97. The number of ether oxygens (including phenoxy) is 2. The molecule has 1 aromatic carbocycles. The highest BCUT2D eigenvalue weighted by molar-refractivity contribution is 5.50. The van der Waals surface area contributed by atoms with E-state index in [2.05, 4.69) is 19.9 Å². The molecule has 3 heteroatoms. The van der Waals surface area contributed by atoms with Gasteiger partial charge in [-0.3, -0.25) is 0 Å². The van der Waals surface area contributed by atoms with Crippen LogP contribution in [0.1, 0.15) is 49.8 Å². The molecule has 0 spiro atoms. The predicted molar refractivity (Wildman–Crippen MR) is 69.2 cm³/mol. The van der Waals surface area contributed by atoms with Gasteiger partial charge in [-0.05, 0) is 42.0 Å². The lowest BCUT2D eigenvalue weighted by molar-refractivity contribution is 0.151. The van der Waals surface area contributed by atoms with Crippen molar-refractivity contribution in [3.8, 4) is 11.5 Å². The smallest absolute Gasteiger partial charge is 0.161 e. The van der Waals surface area contributed by atoms with Crippen molar-refractivity contribution in [1.82, 2.24) is 0 Å². The minimum atomic E-state index is -0.356. The Bertz CT molecular complexity index is 414. The van der Waals surface area contributed by atoms with Gasteiger partial charge in [0.1, 0.15) is 0 Å². The summed E-state index contributed by atoms with van der Waals surface area (Å²) >= 11 is 0. The number of hydrogen-bond acceptors (Lipinski definition) is 3. The van der Waals surface area contributed by atoms with Crippen LogP contribution in [0.25, 0.3) is 0 Å². The number of aliphatic hydroxyl groups is 1. The Morgan fingerprint density at radius 3 is 2.28 bits per heavy atom. The van der Waals surface area contributed by atoms with Crippen molar-refractivity contribution in [3.05, 3.63) is 23.3 Å². The molecule has 3 nitrogen and oxygen atoms in total. The second-order valence-corrected chi connectivity index (χ2v) is 5.65. The molecule has 0 radical (unpaired) electrons. The van der Waals surface area contributed by atoms with Crippen molar-refractivity contribution in [3.63, 3.8) is 0 Å². The summed E-state index contributed by atoms with van der Waals surface area (Å²) in [4.78, 5) is 0. The highest BCUT2D eigenvalue weighted by Gasteiger charge is 2.27. The molecule has 0 fully saturated rings. The van der Waals surface area contributed by atoms with Gasteiger partial charge in [0.05, 0.1) is 19.3 Å². The van der Waals surface area contributed by atoms with Crippen molar-refractivity contribution in [2.75, 3.05) is 13.2 Å². The Hall–Kier alpha value is -1.22. The molecule has 1 aliphatic carbocycles. The minimum absolute atomic E-state index is 0.356. The first kappa shape index (κ1) is 11.8. The molecule has 0 bridgehead atoms. The van der Waals surface area contributed by atoms with Crippen molar-refractivity contribution in [2.24, 2.45) is 5.92 Å². The fourth-order valence-corrected chi connectivity index (χ4v) is 2.76. The van der Waals surface area contributed by atoms with Crippen LogP contribution in [0.15, 0.2) is 12.1 Å². The average Bonchev–Trinajstić information content (AvgIpc) is 2.55. The minimum Gasteiger partial charge on any atom is -0.489 e. The third-order valence-electron chi connectivity index (χ3n) is 3.96. The molecule has 0 amide bonds. The Morgan fingerprint density at radius 2 is 1.61 bits per heavy atom. The van der Waals surface area contributed by atoms with Crippen LogP contribution in [0.3, 0.4) is 0 Å². The van der Waals surface area contributed by atoms with E-state index in [0.29, 0.717) is 25.0 Å². The van der Waals surface area contributed by atoms with E-state index < -0.39 is 0 Å². The second-order valence-electron chi connectivity index (χ2n) is 5.65. The highest BCUT2D eigenvalue weighted by atomic mass is 16.5. The van der Waals surface area contributed by atoms with Crippen molar-refractivity contribution in [1.29, 1.82) is 0 Å². The van der Waals surface area contributed by atoms with E-state index >= 15 is 0 Å². The van der Waals surface area contributed by atoms with E-state index in [9.17, 15) is 5.11 Å². The number of hydrogen-bond donors (Lipinski definition) is 1. The number of aliphatic hydroxyl groups excluding tert-OH is 1. The second kappa shape index (κ2) is 4.47. The van der Waals surface area contributed by atoms with Crippen LogP contribution in [0.5, 0.6) is 11.5 Å². The van der Waals surface area contributed by atoms with Gasteiger partial charge in [-0.2, -0.15) is 0 Å². The topological polar surface area (TPSA) is 38.7 Å². The summed E-state index contributed by atoms with van der Waals surface area (Å²) in [5.41, 5.74) is 2.23. The van der Waals surface area contributed by atoms with Gasteiger partial charge < -0.3 is 14.6 Å². The molecule has 98 valence electrons. The van der Waals surface area contributed by atoms with E-state index in [1.807, 2.05) is 6.07 Å². The Labute approximate surface area is 108 Å². The zero-order valence-corrected chi connectivity index (χ0v) is 11.0. The fourth-order valence-electron chi connectivity index (χ4n) is 2.76. The predicted octanol–water partition coefficient (Wildman–Crippen LogP) is 3.02. The normalized spacial score (nSPS) is 30.5. The summed E-state index contributed by atoms with van der Waals surface area (Å²) in [5, 5.41) is 10.1. The molecule has 1 aliphatic heterocycles. The molecule has 0 saturated heterocycles. The lowest BCUT2D eigenvalue weighted by Crippen LogP contribution is -2.13. The van der Waals surface area contributed by atoms with Gasteiger partial charge >= 0.3 is 0 Å². The maximum Gasteiger partial charge on any atom is 0.161 e. The molecule has 2 unspecified atom stereocenters. The first-order valence-electron chi connectivity index (χ1n) is 6.76. The van der Waals surface area contributed by atoms with Crippen molar-refractivity contribution < 1.29 is 14.6 Å². The Morgan fingerprint density at radius 1 is 1.00 bits per heavy atom. The van der Waals surface area contributed by atoms with Crippen molar-refractivity contribution >= 4 is 0 Å². The molecule has 0 saturated carbocycles. The van der Waals surface area contributed by atoms with Crippen LogP contribution < -0.4 is 9.47 Å². The number of benzene rings is 1. The molecule has 18 heavy (non-hydrogen) atoms. The van der Waals surface area contributed by atoms with Gasteiger partial charge in [-0.1, -0.05) is 13.8 Å². The van der Waals surface area contributed by atoms with Crippen LogP contribution in [0, 0.1) is 5.92 Å². The average molecular weight is 248 g/mol. The first-order valence-corrected chi connectivity index (χ1v) is 6.76. The van der Waals surface area contributed by atoms with Gasteiger partial charge in [0.15, 0.2) is 11.5 Å². The van der Waals surface area contributed by atoms with E-state index in [0.717, 1.165) is 29.9 Å². The summed E-state index contributed by atoms with van der Waals surface area (Å²) in [6.07, 6.45) is 1.51. The summed E-state index contributed by atoms with van der Waals surface area (Å²) in [6.45, 7) is 5.70. The van der Waals surface area contributed by atoms with Gasteiger partial charge in [-0.15, -0.1) is 0 Å². The SMILES string of the molecule is CC1COc2cc3c(cc2OC1)[C@H](O)CCC3C. The number of fused-ring (bicyclic) bond motifs is 2. The summed E-state index contributed by atoms with van der Waals surface area (Å²) in [7, 11) is 0. The standard InChI is InChI=1S/C15H20O3/c1-9-7-17-14-5-11-10(2)3-4-13(16)12(11)6-15(14)18-8-9/h5-6,9-10,13,16H,3-4,7-8H2,1-2H3/t9?,10?,13-/m1/s1. The molecule has 1 aromatic rings. The summed E-state index contributed by atoms with van der Waals surface area (Å²) < 4.78 is 11.6. The Balaban J connectivity index is 2.04. The van der Waals surface area contributed by atoms with Crippen LogP contribution in [0.2, 0.25) is 0 Å². The van der Waals surface area contributed by atoms with Gasteiger partial charge in [0.25, 0.3) is 0 Å². The zero-order valence-electron chi connectivity index (χ0n) is 11.0.